The molecule has 7 nitrogen and oxygen atoms in total. The largest absolute Gasteiger partial charge is 0.290 e. The molecule has 0 saturated carbocycles. The van der Waals surface area contributed by atoms with Gasteiger partial charge in [0, 0.05) is 17.6 Å². The first-order chi connectivity index (χ1) is 13.7. The Hall–Kier alpha value is -2.48. The third kappa shape index (κ3) is 3.50. The van der Waals surface area contributed by atoms with E-state index in [1.54, 1.807) is 35.2 Å². The number of rotatable bonds is 3. The summed E-state index contributed by atoms with van der Waals surface area (Å²) >= 11 is 1.63. The van der Waals surface area contributed by atoms with Crippen LogP contribution in [0.25, 0.3) is 10.2 Å². The Kier molecular flexibility index (Phi) is 4.85. The molecule has 0 bridgehead atoms. The van der Waals surface area contributed by atoms with Crippen molar-refractivity contribution in [3.63, 3.8) is 0 Å². The van der Waals surface area contributed by atoms with Gasteiger partial charge >= 0.3 is 0 Å². The lowest BCUT2D eigenvalue weighted by Gasteiger charge is -2.33. The summed E-state index contributed by atoms with van der Waals surface area (Å²) in [6.45, 7) is 11.2. The number of nitrogens with zero attached hydrogens (tertiary/aromatic N) is 4. The Morgan fingerprint density at radius 3 is 2.79 bits per heavy atom. The first kappa shape index (κ1) is 19.8. The van der Waals surface area contributed by atoms with Crippen LogP contribution >= 0.6 is 11.3 Å². The summed E-state index contributed by atoms with van der Waals surface area (Å²) in [4.78, 5) is 32.5. The fraction of sp³-hybridized carbons (Fsp3) is 0.524. The van der Waals surface area contributed by atoms with Crippen LogP contribution in [0.1, 0.15) is 60.9 Å². The van der Waals surface area contributed by atoms with Gasteiger partial charge in [-0.3, -0.25) is 19.7 Å². The number of carbonyl (C=O) groups is 1. The summed E-state index contributed by atoms with van der Waals surface area (Å²) in [5.41, 5.74) is 4.11. The smallest absolute Gasteiger partial charge is 0.272 e. The van der Waals surface area contributed by atoms with E-state index in [0.717, 1.165) is 29.7 Å². The van der Waals surface area contributed by atoms with Crippen molar-refractivity contribution >= 4 is 27.5 Å². The molecule has 0 spiro atoms. The standard InChI is InChI=1S/C21H27N5O2S/c1-6-25-10-9-15(23-25)18(27)24-26-12(2)22-19-17(20(26)28)14-8-7-13(21(3,4)5)11-16(14)29-19/h9-10,13H,6-8,11H2,1-5H3,(H,24,27). The molecule has 154 valence electrons. The summed E-state index contributed by atoms with van der Waals surface area (Å²) in [7, 11) is 0. The van der Waals surface area contributed by atoms with Crippen LogP contribution in [-0.4, -0.2) is 25.3 Å². The molecule has 4 rings (SSSR count). The van der Waals surface area contributed by atoms with Crippen LogP contribution in [-0.2, 0) is 19.4 Å². The molecule has 0 aliphatic heterocycles. The lowest BCUT2D eigenvalue weighted by atomic mass is 9.72. The predicted molar refractivity (Wildman–Crippen MR) is 115 cm³/mol. The average Bonchev–Trinajstić information content (AvgIpc) is 3.27. The van der Waals surface area contributed by atoms with E-state index in [-0.39, 0.29) is 16.7 Å². The summed E-state index contributed by atoms with van der Waals surface area (Å²) < 4.78 is 2.94. The fourth-order valence-electron chi connectivity index (χ4n) is 4.02. The molecule has 3 aromatic heterocycles. The number of aromatic nitrogens is 4. The molecule has 8 heteroatoms. The van der Waals surface area contributed by atoms with E-state index in [4.69, 9.17) is 0 Å². The summed E-state index contributed by atoms with van der Waals surface area (Å²) in [6.07, 6.45) is 4.68. The van der Waals surface area contributed by atoms with Crippen LogP contribution in [0, 0.1) is 18.3 Å². The molecule has 0 saturated heterocycles. The fourth-order valence-corrected chi connectivity index (χ4v) is 5.35. The highest BCUT2D eigenvalue weighted by molar-refractivity contribution is 7.18. The van der Waals surface area contributed by atoms with Crippen molar-refractivity contribution in [2.75, 3.05) is 5.43 Å². The van der Waals surface area contributed by atoms with Crippen molar-refractivity contribution in [2.24, 2.45) is 11.3 Å². The van der Waals surface area contributed by atoms with E-state index in [1.807, 2.05) is 6.92 Å². The zero-order valence-corrected chi connectivity index (χ0v) is 18.4. The zero-order chi connectivity index (χ0) is 20.9. The average molecular weight is 414 g/mol. The molecule has 3 heterocycles. The van der Waals surface area contributed by atoms with Crippen LogP contribution < -0.4 is 11.0 Å². The third-order valence-electron chi connectivity index (χ3n) is 5.89. The molecular formula is C21H27N5O2S. The lowest BCUT2D eigenvalue weighted by molar-refractivity contribution is 0.100. The molecule has 1 N–H and O–H groups in total. The Morgan fingerprint density at radius 1 is 1.38 bits per heavy atom. The monoisotopic (exact) mass is 413 g/mol. The molecule has 3 aromatic rings. The summed E-state index contributed by atoms with van der Waals surface area (Å²) in [5, 5.41) is 4.86. The van der Waals surface area contributed by atoms with E-state index in [9.17, 15) is 9.59 Å². The number of thiophene rings is 1. The Labute approximate surface area is 173 Å². The second-order valence-electron chi connectivity index (χ2n) is 8.79. The highest BCUT2D eigenvalue weighted by atomic mass is 32.1. The van der Waals surface area contributed by atoms with Gasteiger partial charge in [-0.25, -0.2) is 9.66 Å². The van der Waals surface area contributed by atoms with E-state index in [1.165, 1.54) is 9.55 Å². The molecule has 1 atom stereocenters. The SMILES string of the molecule is CCn1ccc(C(=O)Nn2c(C)nc3sc4c(c3c2=O)CCC(C(C)(C)C)C4)n1. The van der Waals surface area contributed by atoms with Crippen molar-refractivity contribution in [2.45, 2.75) is 60.4 Å². The highest BCUT2D eigenvalue weighted by Crippen LogP contribution is 2.42. The lowest BCUT2D eigenvalue weighted by Crippen LogP contribution is -2.36. The second kappa shape index (κ2) is 7.09. The predicted octanol–water partition coefficient (Wildman–Crippen LogP) is 3.52. The summed E-state index contributed by atoms with van der Waals surface area (Å²) in [6, 6.07) is 1.64. The van der Waals surface area contributed by atoms with E-state index < -0.39 is 5.91 Å². The number of aryl methyl sites for hydroxylation is 3. The van der Waals surface area contributed by atoms with Crippen molar-refractivity contribution in [1.29, 1.82) is 0 Å². The maximum Gasteiger partial charge on any atom is 0.290 e. The van der Waals surface area contributed by atoms with Crippen LogP contribution in [0.3, 0.4) is 0 Å². The normalized spacial score (nSPS) is 16.8. The molecule has 1 amide bonds. The molecule has 0 aromatic carbocycles. The number of amides is 1. The Morgan fingerprint density at radius 2 is 2.14 bits per heavy atom. The van der Waals surface area contributed by atoms with E-state index >= 15 is 0 Å². The molecule has 1 unspecified atom stereocenters. The van der Waals surface area contributed by atoms with Crippen LogP contribution in [0.4, 0.5) is 0 Å². The van der Waals surface area contributed by atoms with Crippen molar-refractivity contribution in [3.05, 3.63) is 44.6 Å². The number of carbonyl (C=O) groups excluding carboxylic acids is 1. The van der Waals surface area contributed by atoms with Crippen LogP contribution in [0.5, 0.6) is 0 Å². The third-order valence-corrected chi connectivity index (χ3v) is 7.03. The second-order valence-corrected chi connectivity index (χ2v) is 9.87. The van der Waals surface area contributed by atoms with Gasteiger partial charge in [-0.2, -0.15) is 5.10 Å². The zero-order valence-electron chi connectivity index (χ0n) is 17.6. The van der Waals surface area contributed by atoms with Crippen LogP contribution in [0.15, 0.2) is 17.1 Å². The van der Waals surface area contributed by atoms with Gasteiger partial charge < -0.3 is 0 Å². The molecule has 1 aliphatic rings. The van der Waals surface area contributed by atoms with Crippen LogP contribution in [0.2, 0.25) is 0 Å². The van der Waals surface area contributed by atoms with Gasteiger partial charge in [-0.15, -0.1) is 11.3 Å². The minimum absolute atomic E-state index is 0.206. The number of fused-ring (bicyclic) bond motifs is 3. The number of hydrogen-bond donors (Lipinski definition) is 1. The van der Waals surface area contributed by atoms with Gasteiger partial charge in [0.2, 0.25) is 0 Å². The topological polar surface area (TPSA) is 81.8 Å². The first-order valence-corrected chi connectivity index (χ1v) is 10.9. The Bertz CT molecular complexity index is 1150. The van der Waals surface area contributed by atoms with Gasteiger partial charge in [0.15, 0.2) is 5.69 Å². The highest BCUT2D eigenvalue weighted by Gasteiger charge is 2.32. The minimum atomic E-state index is -0.416. The molecular weight excluding hydrogens is 386 g/mol. The molecule has 29 heavy (non-hydrogen) atoms. The minimum Gasteiger partial charge on any atom is -0.272 e. The van der Waals surface area contributed by atoms with Crippen molar-refractivity contribution in [1.82, 2.24) is 19.4 Å². The quantitative estimate of drug-likeness (QED) is 0.712. The van der Waals surface area contributed by atoms with Gasteiger partial charge in [0.25, 0.3) is 11.5 Å². The molecule has 0 fully saturated rings. The summed E-state index contributed by atoms with van der Waals surface area (Å²) in [5.74, 6) is 0.650. The maximum atomic E-state index is 13.3. The molecule has 1 aliphatic carbocycles. The first-order valence-electron chi connectivity index (χ1n) is 10.1. The number of nitrogens with one attached hydrogen (secondary N) is 1. The van der Waals surface area contributed by atoms with E-state index in [2.05, 4.69) is 36.3 Å². The van der Waals surface area contributed by atoms with Crippen molar-refractivity contribution in [3.8, 4) is 0 Å². The molecule has 0 radical (unpaired) electrons. The van der Waals surface area contributed by atoms with Gasteiger partial charge in [-0.05, 0) is 56.1 Å². The number of hydrogen-bond acceptors (Lipinski definition) is 5. The Balaban J connectivity index is 1.72. The maximum absolute atomic E-state index is 13.3. The van der Waals surface area contributed by atoms with Gasteiger partial charge in [-0.1, -0.05) is 20.8 Å². The van der Waals surface area contributed by atoms with Gasteiger partial charge in [0.1, 0.15) is 10.7 Å². The van der Waals surface area contributed by atoms with Crippen molar-refractivity contribution < 1.29 is 4.79 Å². The van der Waals surface area contributed by atoms with Gasteiger partial charge in [0.05, 0.1) is 5.39 Å². The van der Waals surface area contributed by atoms with E-state index in [0.29, 0.717) is 23.7 Å².